The van der Waals surface area contributed by atoms with Crippen molar-refractivity contribution >= 4 is 23.2 Å². The number of aryl methyl sites for hydroxylation is 1. The second kappa shape index (κ2) is 4.85. The van der Waals surface area contributed by atoms with Crippen LogP contribution in [0.2, 0.25) is 10.2 Å². The maximum atomic E-state index is 6.05. The van der Waals surface area contributed by atoms with Crippen LogP contribution in [0.15, 0.2) is 24.5 Å². The summed E-state index contributed by atoms with van der Waals surface area (Å²) < 4.78 is 2.02. The van der Waals surface area contributed by atoms with Crippen LogP contribution >= 0.6 is 23.2 Å². The molecule has 0 aliphatic carbocycles. The van der Waals surface area contributed by atoms with Gasteiger partial charge < -0.3 is 4.57 Å². The molecule has 0 unspecified atom stereocenters. The van der Waals surface area contributed by atoms with Crippen molar-refractivity contribution in [3.8, 4) is 0 Å². The zero-order chi connectivity index (χ0) is 11.5. The largest absolute Gasteiger partial charge is 0.329 e. The molecule has 0 aliphatic heterocycles. The van der Waals surface area contributed by atoms with E-state index in [0.29, 0.717) is 16.7 Å². The van der Waals surface area contributed by atoms with E-state index in [1.165, 1.54) is 0 Å². The predicted octanol–water partition coefficient (Wildman–Crippen LogP) is 3.20. The third kappa shape index (κ3) is 2.36. The molecule has 0 atom stereocenters. The molecular weight excluding hydrogens is 245 g/mol. The van der Waals surface area contributed by atoms with Gasteiger partial charge in [-0.3, -0.25) is 0 Å². The van der Waals surface area contributed by atoms with Gasteiger partial charge in [-0.2, -0.15) is 0 Å². The molecule has 0 bridgehead atoms. The van der Waals surface area contributed by atoms with Crippen LogP contribution in [-0.4, -0.2) is 14.5 Å². The molecule has 5 heteroatoms. The lowest BCUT2D eigenvalue weighted by Crippen LogP contribution is -2.05. The Morgan fingerprint density at radius 3 is 2.88 bits per heavy atom. The number of hydrogen-bond donors (Lipinski definition) is 0. The third-order valence-corrected chi connectivity index (χ3v) is 2.88. The Bertz CT molecular complexity index is 494. The monoisotopic (exact) mass is 255 g/mol. The van der Waals surface area contributed by atoms with Gasteiger partial charge in [-0.05, 0) is 12.1 Å². The molecule has 2 aromatic heterocycles. The van der Waals surface area contributed by atoms with E-state index >= 15 is 0 Å². The average Bonchev–Trinajstić information content (AvgIpc) is 2.71. The minimum absolute atomic E-state index is 0.456. The predicted molar refractivity (Wildman–Crippen MR) is 65.0 cm³/mol. The Kier molecular flexibility index (Phi) is 3.46. The molecule has 0 saturated heterocycles. The fourth-order valence-corrected chi connectivity index (χ4v) is 1.86. The van der Waals surface area contributed by atoms with Gasteiger partial charge in [-0.25, -0.2) is 9.97 Å². The molecule has 84 valence electrons. The SMILES string of the molecule is CCc1nccn1Cc1nc(Cl)ccc1Cl. The molecule has 2 aromatic rings. The maximum Gasteiger partial charge on any atom is 0.129 e. The van der Waals surface area contributed by atoms with Gasteiger partial charge in [0.1, 0.15) is 11.0 Å². The Morgan fingerprint density at radius 2 is 2.12 bits per heavy atom. The van der Waals surface area contributed by atoms with Gasteiger partial charge in [-0.15, -0.1) is 0 Å². The Hall–Kier alpha value is -1.06. The molecule has 0 saturated carbocycles. The summed E-state index contributed by atoms with van der Waals surface area (Å²) >= 11 is 11.9. The Labute approximate surface area is 104 Å². The lowest BCUT2D eigenvalue weighted by atomic mass is 10.3. The molecule has 0 aliphatic rings. The highest BCUT2D eigenvalue weighted by Gasteiger charge is 2.06. The maximum absolute atomic E-state index is 6.05. The molecule has 0 N–H and O–H groups in total. The van der Waals surface area contributed by atoms with Crippen LogP contribution in [0.3, 0.4) is 0 Å². The summed E-state index contributed by atoms with van der Waals surface area (Å²) in [6.45, 7) is 2.66. The number of aromatic nitrogens is 3. The van der Waals surface area contributed by atoms with Crippen LogP contribution in [0, 0.1) is 0 Å². The first-order valence-electron chi connectivity index (χ1n) is 5.01. The summed E-state index contributed by atoms with van der Waals surface area (Å²) in [4.78, 5) is 8.45. The summed E-state index contributed by atoms with van der Waals surface area (Å²) in [5.41, 5.74) is 0.766. The van der Waals surface area contributed by atoms with E-state index in [4.69, 9.17) is 23.2 Å². The van der Waals surface area contributed by atoms with E-state index in [9.17, 15) is 0 Å². The van der Waals surface area contributed by atoms with E-state index in [2.05, 4.69) is 16.9 Å². The standard InChI is InChI=1S/C11H11Cl2N3/c1-2-11-14-5-6-16(11)7-9-8(12)3-4-10(13)15-9/h3-6H,2,7H2,1H3. The Balaban J connectivity index is 2.30. The third-order valence-electron chi connectivity index (χ3n) is 2.32. The van der Waals surface area contributed by atoms with Crippen LogP contribution in [0.25, 0.3) is 0 Å². The van der Waals surface area contributed by atoms with E-state index in [1.807, 2.05) is 10.8 Å². The molecule has 0 aromatic carbocycles. The Morgan fingerprint density at radius 1 is 1.31 bits per heavy atom. The summed E-state index contributed by atoms with van der Waals surface area (Å²) in [7, 11) is 0. The topological polar surface area (TPSA) is 30.7 Å². The highest BCUT2D eigenvalue weighted by atomic mass is 35.5. The molecular formula is C11H11Cl2N3. The van der Waals surface area contributed by atoms with Crippen molar-refractivity contribution in [1.29, 1.82) is 0 Å². The molecule has 16 heavy (non-hydrogen) atoms. The van der Waals surface area contributed by atoms with Crippen molar-refractivity contribution in [3.05, 3.63) is 46.2 Å². The fourth-order valence-electron chi connectivity index (χ4n) is 1.53. The highest BCUT2D eigenvalue weighted by molar-refractivity contribution is 6.32. The number of pyridine rings is 1. The van der Waals surface area contributed by atoms with Crippen molar-refractivity contribution < 1.29 is 0 Å². The second-order valence-electron chi connectivity index (χ2n) is 3.39. The van der Waals surface area contributed by atoms with Crippen molar-refractivity contribution in [2.75, 3.05) is 0 Å². The van der Waals surface area contributed by atoms with E-state index in [-0.39, 0.29) is 0 Å². The molecule has 0 radical (unpaired) electrons. The van der Waals surface area contributed by atoms with Crippen molar-refractivity contribution in [2.45, 2.75) is 19.9 Å². The van der Waals surface area contributed by atoms with Gasteiger partial charge in [0.05, 0.1) is 17.3 Å². The molecule has 0 spiro atoms. The smallest absolute Gasteiger partial charge is 0.129 e. The first kappa shape index (κ1) is 11.4. The summed E-state index contributed by atoms with van der Waals surface area (Å²) in [6.07, 6.45) is 4.57. The number of nitrogens with zero attached hydrogens (tertiary/aromatic N) is 3. The van der Waals surface area contributed by atoms with Crippen LogP contribution < -0.4 is 0 Å². The van der Waals surface area contributed by atoms with Crippen molar-refractivity contribution in [3.63, 3.8) is 0 Å². The summed E-state index contributed by atoms with van der Waals surface area (Å²) in [5, 5.41) is 1.08. The lowest BCUT2D eigenvalue weighted by molar-refractivity contribution is 0.717. The van der Waals surface area contributed by atoms with Crippen molar-refractivity contribution in [2.24, 2.45) is 0 Å². The molecule has 3 nitrogen and oxygen atoms in total. The average molecular weight is 256 g/mol. The van der Waals surface area contributed by atoms with E-state index < -0.39 is 0 Å². The second-order valence-corrected chi connectivity index (χ2v) is 4.18. The van der Waals surface area contributed by atoms with Gasteiger partial charge in [0.2, 0.25) is 0 Å². The number of halogens is 2. The zero-order valence-corrected chi connectivity index (χ0v) is 10.3. The molecule has 0 amide bonds. The van der Waals surface area contributed by atoms with Gasteiger partial charge in [0.15, 0.2) is 0 Å². The number of rotatable bonds is 3. The first-order chi connectivity index (χ1) is 7.70. The molecule has 2 heterocycles. The van der Waals surface area contributed by atoms with Gasteiger partial charge >= 0.3 is 0 Å². The van der Waals surface area contributed by atoms with E-state index in [1.54, 1.807) is 18.3 Å². The fraction of sp³-hybridized carbons (Fsp3) is 0.273. The van der Waals surface area contributed by atoms with Gasteiger partial charge in [0, 0.05) is 18.8 Å². The normalized spacial score (nSPS) is 10.7. The minimum Gasteiger partial charge on any atom is -0.329 e. The van der Waals surface area contributed by atoms with Gasteiger partial charge in [-0.1, -0.05) is 30.1 Å². The first-order valence-corrected chi connectivity index (χ1v) is 5.77. The number of hydrogen-bond acceptors (Lipinski definition) is 2. The van der Waals surface area contributed by atoms with Crippen LogP contribution in [-0.2, 0) is 13.0 Å². The van der Waals surface area contributed by atoms with Gasteiger partial charge in [0.25, 0.3) is 0 Å². The number of imidazole rings is 1. The van der Waals surface area contributed by atoms with Crippen LogP contribution in [0.1, 0.15) is 18.4 Å². The molecule has 0 fully saturated rings. The van der Waals surface area contributed by atoms with Crippen molar-refractivity contribution in [1.82, 2.24) is 14.5 Å². The summed E-state index contributed by atoms with van der Waals surface area (Å²) in [6, 6.07) is 3.44. The quantitative estimate of drug-likeness (QED) is 0.789. The molecule has 2 rings (SSSR count). The minimum atomic E-state index is 0.456. The lowest BCUT2D eigenvalue weighted by Gasteiger charge is -2.07. The highest BCUT2D eigenvalue weighted by Crippen LogP contribution is 2.18. The zero-order valence-electron chi connectivity index (χ0n) is 8.82. The van der Waals surface area contributed by atoms with E-state index in [0.717, 1.165) is 17.9 Å². The summed E-state index contributed by atoms with van der Waals surface area (Å²) in [5.74, 6) is 1.01. The van der Waals surface area contributed by atoms with Crippen LogP contribution in [0.4, 0.5) is 0 Å². The van der Waals surface area contributed by atoms with Crippen LogP contribution in [0.5, 0.6) is 0 Å².